The molecule has 2 aromatic rings. The normalized spacial score (nSPS) is 15.0. The zero-order valence-corrected chi connectivity index (χ0v) is 21.2. The fourth-order valence-electron chi connectivity index (χ4n) is 3.55. The molecular formula is C24H28ClN3O5S. The van der Waals surface area contributed by atoms with Crippen LogP contribution in [-0.2, 0) is 14.8 Å². The lowest BCUT2D eigenvalue weighted by molar-refractivity contribution is 0.0203. The maximum absolute atomic E-state index is 13.3. The number of carbonyl (C=O) groups excluding carboxylic acids is 1. The van der Waals surface area contributed by atoms with E-state index in [0.717, 1.165) is 5.56 Å². The predicted octanol–water partition coefficient (Wildman–Crippen LogP) is 4.99. The van der Waals surface area contributed by atoms with Crippen LogP contribution in [0.2, 0.25) is 5.02 Å². The van der Waals surface area contributed by atoms with Crippen LogP contribution < -0.4 is 9.46 Å². The summed E-state index contributed by atoms with van der Waals surface area (Å²) in [6.07, 6.45) is 0.447. The van der Waals surface area contributed by atoms with Crippen molar-refractivity contribution >= 4 is 27.7 Å². The summed E-state index contributed by atoms with van der Waals surface area (Å²) in [6.45, 7) is 7.97. The van der Waals surface area contributed by atoms with Crippen molar-refractivity contribution < 1.29 is 22.7 Å². The first-order valence-corrected chi connectivity index (χ1v) is 12.7. The first kappa shape index (κ1) is 25.8. The largest absolute Gasteiger partial charge is 0.456 e. The van der Waals surface area contributed by atoms with E-state index in [1.807, 2.05) is 13.0 Å². The molecule has 1 saturated heterocycles. The minimum atomic E-state index is -4.02. The lowest BCUT2D eigenvalue weighted by Crippen LogP contribution is -2.47. The number of rotatable bonds is 5. The number of hydrogen-bond acceptors (Lipinski definition) is 6. The minimum absolute atomic E-state index is 0.0827. The number of amides is 1. The van der Waals surface area contributed by atoms with Crippen LogP contribution in [0, 0.1) is 18.3 Å². The Hall–Kier alpha value is -2.80. The highest BCUT2D eigenvalue weighted by Gasteiger charge is 2.30. The minimum Gasteiger partial charge on any atom is -0.456 e. The molecule has 1 N–H and O–H groups in total. The second kappa shape index (κ2) is 10.2. The first-order chi connectivity index (χ1) is 15.9. The molecule has 0 radical (unpaired) electrons. The van der Waals surface area contributed by atoms with Crippen LogP contribution in [0.5, 0.6) is 11.5 Å². The molecule has 1 aliphatic heterocycles. The molecule has 0 unspecified atom stereocenters. The van der Waals surface area contributed by atoms with Gasteiger partial charge in [0.1, 0.15) is 22.0 Å². The molecule has 0 aliphatic carbocycles. The van der Waals surface area contributed by atoms with Gasteiger partial charge in [-0.3, -0.25) is 0 Å². The molecule has 182 valence electrons. The Balaban J connectivity index is 1.77. The van der Waals surface area contributed by atoms with E-state index >= 15 is 0 Å². The Bertz CT molecular complexity index is 1190. The maximum atomic E-state index is 13.3. The lowest BCUT2D eigenvalue weighted by Gasteiger charge is -2.33. The van der Waals surface area contributed by atoms with Crippen LogP contribution in [0.25, 0.3) is 0 Å². The maximum Gasteiger partial charge on any atom is 0.410 e. The van der Waals surface area contributed by atoms with E-state index in [0.29, 0.717) is 36.7 Å². The third-order valence-corrected chi connectivity index (χ3v) is 6.83. The van der Waals surface area contributed by atoms with Gasteiger partial charge in [0.25, 0.3) is 0 Å². The van der Waals surface area contributed by atoms with Crippen molar-refractivity contribution in [1.29, 1.82) is 5.26 Å². The molecule has 1 amide bonds. The number of benzene rings is 2. The van der Waals surface area contributed by atoms with Crippen LogP contribution in [0.1, 0.15) is 44.7 Å². The van der Waals surface area contributed by atoms with Gasteiger partial charge in [0.15, 0.2) is 0 Å². The van der Waals surface area contributed by atoms with E-state index in [1.54, 1.807) is 43.9 Å². The number of nitriles is 1. The van der Waals surface area contributed by atoms with Crippen molar-refractivity contribution in [1.82, 2.24) is 9.62 Å². The Morgan fingerprint density at radius 3 is 2.44 bits per heavy atom. The molecule has 0 atom stereocenters. The number of halogens is 1. The van der Waals surface area contributed by atoms with Gasteiger partial charge in [-0.25, -0.2) is 17.9 Å². The number of sulfonamides is 1. The number of hydrogen-bond donors (Lipinski definition) is 1. The lowest BCUT2D eigenvalue weighted by atomic mass is 10.1. The fraction of sp³-hybridized carbons (Fsp3) is 0.417. The van der Waals surface area contributed by atoms with Gasteiger partial charge in [-0.2, -0.15) is 5.26 Å². The second-order valence-corrected chi connectivity index (χ2v) is 11.3. The summed E-state index contributed by atoms with van der Waals surface area (Å²) in [6, 6.07) is 10.9. The Labute approximate surface area is 205 Å². The topological polar surface area (TPSA) is 109 Å². The van der Waals surface area contributed by atoms with Gasteiger partial charge in [-0.15, -0.1) is 0 Å². The summed E-state index contributed by atoms with van der Waals surface area (Å²) in [5.74, 6) is 0.469. The van der Waals surface area contributed by atoms with Gasteiger partial charge in [-0.05, 0) is 82.5 Å². The molecule has 1 aliphatic rings. The molecule has 2 aromatic carbocycles. The molecule has 3 rings (SSSR count). The number of aryl methyl sites for hydroxylation is 1. The third-order valence-electron chi connectivity index (χ3n) is 5.07. The predicted molar refractivity (Wildman–Crippen MR) is 129 cm³/mol. The molecule has 1 heterocycles. The van der Waals surface area contributed by atoms with Crippen LogP contribution in [0.4, 0.5) is 4.79 Å². The molecule has 10 heteroatoms. The van der Waals surface area contributed by atoms with Crippen molar-refractivity contribution in [2.24, 2.45) is 0 Å². The van der Waals surface area contributed by atoms with Crippen molar-refractivity contribution in [2.75, 3.05) is 13.1 Å². The van der Waals surface area contributed by atoms with E-state index in [2.05, 4.69) is 4.72 Å². The van der Waals surface area contributed by atoms with E-state index in [-0.39, 0.29) is 22.3 Å². The van der Waals surface area contributed by atoms with Crippen LogP contribution in [0.3, 0.4) is 0 Å². The highest BCUT2D eigenvalue weighted by Crippen LogP contribution is 2.32. The summed E-state index contributed by atoms with van der Waals surface area (Å²) in [7, 11) is -4.02. The molecular weight excluding hydrogens is 478 g/mol. The van der Waals surface area contributed by atoms with Gasteiger partial charge in [0, 0.05) is 24.2 Å². The second-order valence-electron chi connectivity index (χ2n) is 9.20. The Morgan fingerprint density at radius 1 is 1.18 bits per heavy atom. The molecule has 1 fully saturated rings. The Kier molecular flexibility index (Phi) is 7.76. The zero-order valence-electron chi connectivity index (χ0n) is 19.6. The van der Waals surface area contributed by atoms with Crippen LogP contribution >= 0.6 is 11.6 Å². The molecule has 34 heavy (non-hydrogen) atoms. The Morgan fingerprint density at radius 2 is 1.85 bits per heavy atom. The molecule has 0 bridgehead atoms. The van der Waals surface area contributed by atoms with Crippen molar-refractivity contribution in [2.45, 2.75) is 57.1 Å². The SMILES string of the molecule is Cc1cc(Cl)cc(Oc2ccc(C#N)cc2S(=O)(=O)NC2CCN(C(=O)OC(C)(C)C)CC2)c1. The van der Waals surface area contributed by atoms with Crippen LogP contribution in [0.15, 0.2) is 41.3 Å². The average Bonchev–Trinajstić information content (AvgIpc) is 2.72. The van der Waals surface area contributed by atoms with Gasteiger partial charge >= 0.3 is 6.09 Å². The summed E-state index contributed by atoms with van der Waals surface area (Å²) >= 11 is 6.10. The molecule has 0 aromatic heterocycles. The molecule has 8 nitrogen and oxygen atoms in total. The monoisotopic (exact) mass is 505 g/mol. The summed E-state index contributed by atoms with van der Waals surface area (Å²) < 4.78 is 40.5. The zero-order chi connectivity index (χ0) is 25.1. The standard InChI is InChI=1S/C24H28ClN3O5S/c1-16-11-18(25)14-20(12-16)32-21-6-5-17(15-26)13-22(21)34(30,31)27-19-7-9-28(10-8-19)23(29)33-24(2,3)4/h5-6,11-14,19,27H,7-10H2,1-4H3. The number of piperidine rings is 1. The molecule has 0 saturated carbocycles. The third kappa shape index (κ3) is 6.86. The quantitative estimate of drug-likeness (QED) is 0.613. The summed E-state index contributed by atoms with van der Waals surface area (Å²) in [5.41, 5.74) is 0.448. The average molecular weight is 506 g/mol. The van der Waals surface area contributed by atoms with Gasteiger partial charge in [0.05, 0.1) is 11.6 Å². The van der Waals surface area contributed by atoms with E-state index in [1.165, 1.54) is 18.2 Å². The van der Waals surface area contributed by atoms with Crippen molar-refractivity contribution in [3.05, 3.63) is 52.5 Å². The number of nitrogens with one attached hydrogen (secondary N) is 1. The van der Waals surface area contributed by atoms with Gasteiger partial charge in [0.2, 0.25) is 10.0 Å². The van der Waals surface area contributed by atoms with E-state index < -0.39 is 21.7 Å². The summed E-state index contributed by atoms with van der Waals surface area (Å²) in [5, 5.41) is 9.75. The highest BCUT2D eigenvalue weighted by molar-refractivity contribution is 7.89. The number of ether oxygens (including phenoxy) is 2. The van der Waals surface area contributed by atoms with Gasteiger partial charge < -0.3 is 14.4 Å². The van der Waals surface area contributed by atoms with Crippen molar-refractivity contribution in [3.63, 3.8) is 0 Å². The molecule has 0 spiro atoms. The highest BCUT2D eigenvalue weighted by atomic mass is 35.5. The number of likely N-dealkylation sites (tertiary alicyclic amines) is 1. The van der Waals surface area contributed by atoms with E-state index in [9.17, 15) is 18.5 Å². The smallest absolute Gasteiger partial charge is 0.410 e. The number of carbonyl (C=O) groups is 1. The summed E-state index contributed by atoms with van der Waals surface area (Å²) in [4.78, 5) is 13.7. The van der Waals surface area contributed by atoms with Crippen LogP contribution in [-0.4, -0.2) is 44.1 Å². The fourth-order valence-corrected chi connectivity index (χ4v) is 5.29. The van der Waals surface area contributed by atoms with Gasteiger partial charge in [-0.1, -0.05) is 11.6 Å². The first-order valence-electron chi connectivity index (χ1n) is 10.9. The van der Waals surface area contributed by atoms with Crippen molar-refractivity contribution in [3.8, 4) is 17.6 Å². The number of nitrogens with zero attached hydrogens (tertiary/aromatic N) is 2. The van der Waals surface area contributed by atoms with E-state index in [4.69, 9.17) is 21.1 Å².